The van der Waals surface area contributed by atoms with E-state index in [1.54, 1.807) is 23.1 Å². The molecule has 130 valence electrons. The summed E-state index contributed by atoms with van der Waals surface area (Å²) in [7, 11) is 2.85. The fraction of sp³-hybridized carbons (Fsp3) is 0.562. The number of rotatable bonds is 5. The average Bonchev–Trinajstić information content (AvgIpc) is 3.27. The zero-order valence-corrected chi connectivity index (χ0v) is 15.5. The third-order valence-corrected chi connectivity index (χ3v) is 6.73. The first kappa shape index (κ1) is 17.4. The molecular weight excluding hydrogens is 348 g/mol. The van der Waals surface area contributed by atoms with E-state index in [1.165, 1.54) is 19.1 Å². The van der Waals surface area contributed by atoms with Crippen LogP contribution in [0, 0.1) is 11.8 Å². The van der Waals surface area contributed by atoms with E-state index in [-0.39, 0.29) is 17.9 Å². The predicted molar refractivity (Wildman–Crippen MR) is 91.5 cm³/mol. The van der Waals surface area contributed by atoms with E-state index in [1.807, 2.05) is 29.1 Å². The molecule has 4 atom stereocenters. The van der Waals surface area contributed by atoms with Gasteiger partial charge in [0.2, 0.25) is 17.4 Å². The number of likely N-dealkylation sites (tertiary alicyclic amines) is 1. The maximum atomic E-state index is 12.8. The number of nitrogens with zero attached hydrogens (tertiary/aromatic N) is 1. The standard InChI is InChI=1S/C16H20N2O4S2/c1-18-13(19)10-11(14(18)20)16(6-8-23-3,15(21)22-2)17-12(10)9-5-4-7-24-9/h4-5,7,10-12,17H,6,8H2,1-3H3/p+1/t10-,11+,12-,16+/m0/s1. The Hall–Kier alpha value is -1.38. The molecule has 0 bridgehead atoms. The number of quaternary nitrogens is 1. The number of hydrogen-bond donors (Lipinski definition) is 1. The van der Waals surface area contributed by atoms with Crippen LogP contribution >= 0.6 is 23.1 Å². The molecule has 2 fully saturated rings. The molecule has 2 amide bonds. The molecule has 24 heavy (non-hydrogen) atoms. The maximum absolute atomic E-state index is 12.8. The van der Waals surface area contributed by atoms with Crippen LogP contribution in [0.4, 0.5) is 0 Å². The lowest BCUT2D eigenvalue weighted by molar-refractivity contribution is -0.734. The first-order chi connectivity index (χ1) is 11.5. The molecular formula is C16H21N2O4S2+. The lowest BCUT2D eigenvalue weighted by Gasteiger charge is -2.28. The second-order valence-electron chi connectivity index (χ2n) is 6.22. The van der Waals surface area contributed by atoms with E-state index in [9.17, 15) is 14.4 Å². The zero-order valence-electron chi connectivity index (χ0n) is 13.9. The smallest absolute Gasteiger partial charge is 0.368 e. The summed E-state index contributed by atoms with van der Waals surface area (Å²) in [6.07, 6.45) is 2.46. The van der Waals surface area contributed by atoms with E-state index in [0.29, 0.717) is 6.42 Å². The van der Waals surface area contributed by atoms with Gasteiger partial charge in [-0.3, -0.25) is 14.5 Å². The van der Waals surface area contributed by atoms with Crippen molar-refractivity contribution in [2.24, 2.45) is 11.8 Å². The highest BCUT2D eigenvalue weighted by atomic mass is 32.2. The Morgan fingerprint density at radius 1 is 1.46 bits per heavy atom. The molecule has 0 saturated carbocycles. The monoisotopic (exact) mass is 369 g/mol. The summed E-state index contributed by atoms with van der Waals surface area (Å²) in [5, 5.41) is 3.86. The lowest BCUT2D eigenvalue weighted by Crippen LogP contribution is -2.98. The van der Waals surface area contributed by atoms with Crippen molar-refractivity contribution in [2.75, 3.05) is 26.2 Å². The van der Waals surface area contributed by atoms with E-state index in [4.69, 9.17) is 4.74 Å². The molecule has 0 aliphatic carbocycles. The number of carbonyl (C=O) groups excluding carboxylic acids is 3. The topological polar surface area (TPSA) is 80.3 Å². The van der Waals surface area contributed by atoms with Gasteiger partial charge in [0.1, 0.15) is 17.9 Å². The minimum Gasteiger partial charge on any atom is -0.464 e. The molecule has 1 aromatic rings. The van der Waals surface area contributed by atoms with Gasteiger partial charge in [-0.1, -0.05) is 6.07 Å². The van der Waals surface area contributed by atoms with Crippen molar-refractivity contribution in [1.82, 2.24) is 4.90 Å². The van der Waals surface area contributed by atoms with Crippen LogP contribution in [0.3, 0.4) is 0 Å². The lowest BCUT2D eigenvalue weighted by atomic mass is 9.78. The Morgan fingerprint density at radius 3 is 2.79 bits per heavy atom. The summed E-state index contributed by atoms with van der Waals surface area (Å²) >= 11 is 3.16. The molecule has 1 aromatic heterocycles. The van der Waals surface area contributed by atoms with Gasteiger partial charge in [0.25, 0.3) is 0 Å². The van der Waals surface area contributed by atoms with E-state index < -0.39 is 23.3 Å². The predicted octanol–water partition coefficient (Wildman–Crippen LogP) is 0.262. The number of imide groups is 1. The number of carbonyl (C=O) groups is 3. The Kier molecular flexibility index (Phi) is 4.72. The molecule has 2 saturated heterocycles. The van der Waals surface area contributed by atoms with Crippen LogP contribution in [0.2, 0.25) is 0 Å². The fourth-order valence-corrected chi connectivity index (χ4v) is 5.39. The summed E-state index contributed by atoms with van der Waals surface area (Å²) < 4.78 is 5.07. The number of thioether (sulfide) groups is 1. The van der Waals surface area contributed by atoms with Gasteiger partial charge in [0.15, 0.2) is 0 Å². The van der Waals surface area contributed by atoms with Gasteiger partial charge in [-0.25, -0.2) is 4.79 Å². The highest BCUT2D eigenvalue weighted by molar-refractivity contribution is 7.98. The van der Waals surface area contributed by atoms with Crippen LogP contribution in [0.25, 0.3) is 0 Å². The molecule has 2 aliphatic heterocycles. The zero-order chi connectivity index (χ0) is 17.5. The number of methoxy groups -OCH3 is 1. The first-order valence-electron chi connectivity index (χ1n) is 7.76. The second-order valence-corrected chi connectivity index (χ2v) is 8.19. The SMILES string of the molecule is COC(=O)[C@]1(CCSC)[NH2+][C@@H](c2cccs2)[C@H]2C(=O)N(C)C(=O)[C@@H]21. The second kappa shape index (κ2) is 6.50. The minimum absolute atomic E-state index is 0.199. The molecule has 0 radical (unpaired) electrons. The molecule has 8 heteroatoms. The highest BCUT2D eigenvalue weighted by Crippen LogP contribution is 2.46. The van der Waals surface area contributed by atoms with E-state index in [0.717, 1.165) is 10.6 Å². The summed E-state index contributed by atoms with van der Waals surface area (Å²) in [4.78, 5) is 40.4. The Balaban J connectivity index is 2.10. The molecule has 0 aromatic carbocycles. The van der Waals surface area contributed by atoms with Crippen LogP contribution < -0.4 is 5.32 Å². The summed E-state index contributed by atoms with van der Waals surface area (Å²) in [6, 6.07) is 3.66. The number of fused-ring (bicyclic) bond motifs is 1. The summed E-state index contributed by atoms with van der Waals surface area (Å²) in [6.45, 7) is 0. The van der Waals surface area contributed by atoms with E-state index in [2.05, 4.69) is 0 Å². The van der Waals surface area contributed by atoms with Crippen LogP contribution in [0.5, 0.6) is 0 Å². The fourth-order valence-electron chi connectivity index (χ4n) is 4.00. The summed E-state index contributed by atoms with van der Waals surface area (Å²) in [5.41, 5.74) is -1.03. The molecule has 3 rings (SSSR count). The van der Waals surface area contributed by atoms with Crippen molar-refractivity contribution in [3.63, 3.8) is 0 Å². The van der Waals surface area contributed by atoms with Crippen molar-refractivity contribution in [2.45, 2.75) is 18.0 Å². The number of hydrogen-bond acceptors (Lipinski definition) is 6. The maximum Gasteiger partial charge on any atom is 0.368 e. The number of ether oxygens (including phenoxy) is 1. The Morgan fingerprint density at radius 2 is 2.21 bits per heavy atom. The number of thiophene rings is 1. The van der Waals surface area contributed by atoms with Crippen molar-refractivity contribution >= 4 is 40.9 Å². The highest BCUT2D eigenvalue weighted by Gasteiger charge is 2.71. The van der Waals surface area contributed by atoms with Crippen LogP contribution in [0.1, 0.15) is 17.3 Å². The Labute approximate surface area is 148 Å². The molecule has 2 aliphatic rings. The molecule has 0 spiro atoms. The quantitative estimate of drug-likeness (QED) is 0.595. The first-order valence-corrected chi connectivity index (χ1v) is 10.0. The van der Waals surface area contributed by atoms with Gasteiger partial charge in [0, 0.05) is 13.5 Å². The van der Waals surface area contributed by atoms with Crippen molar-refractivity contribution < 1.29 is 24.4 Å². The third kappa shape index (κ3) is 2.39. The van der Waals surface area contributed by atoms with Gasteiger partial charge in [-0.2, -0.15) is 11.8 Å². The van der Waals surface area contributed by atoms with Gasteiger partial charge in [-0.05, 0) is 23.5 Å². The van der Waals surface area contributed by atoms with Gasteiger partial charge < -0.3 is 10.1 Å². The van der Waals surface area contributed by atoms with E-state index >= 15 is 0 Å². The minimum atomic E-state index is -1.03. The molecule has 2 N–H and O–H groups in total. The Bertz CT molecular complexity index is 663. The van der Waals surface area contributed by atoms with Crippen molar-refractivity contribution in [1.29, 1.82) is 0 Å². The van der Waals surface area contributed by atoms with Crippen LogP contribution in [0.15, 0.2) is 17.5 Å². The molecule has 3 heterocycles. The van der Waals surface area contributed by atoms with Gasteiger partial charge in [0.05, 0.1) is 12.0 Å². The van der Waals surface area contributed by atoms with Gasteiger partial charge >= 0.3 is 5.97 Å². The van der Waals surface area contributed by atoms with Crippen LogP contribution in [-0.2, 0) is 19.1 Å². The largest absolute Gasteiger partial charge is 0.464 e. The number of esters is 1. The number of nitrogens with two attached hydrogens (primary N) is 1. The van der Waals surface area contributed by atoms with Gasteiger partial charge in [-0.15, -0.1) is 11.3 Å². The van der Waals surface area contributed by atoms with Crippen molar-refractivity contribution in [3.05, 3.63) is 22.4 Å². The molecule has 0 unspecified atom stereocenters. The third-order valence-electron chi connectivity index (χ3n) is 5.15. The molecule has 6 nitrogen and oxygen atoms in total. The van der Waals surface area contributed by atoms with Crippen LogP contribution in [-0.4, -0.2) is 54.4 Å². The average molecular weight is 369 g/mol. The number of amides is 2. The normalized spacial score (nSPS) is 32.3. The summed E-state index contributed by atoms with van der Waals surface area (Å²) in [5.74, 6) is -1.34. The van der Waals surface area contributed by atoms with Crippen molar-refractivity contribution in [3.8, 4) is 0 Å².